The van der Waals surface area contributed by atoms with Crippen molar-refractivity contribution >= 4 is 15.8 Å². The lowest BCUT2D eigenvalue weighted by Gasteiger charge is -2.24. The van der Waals surface area contributed by atoms with E-state index in [-0.39, 0.29) is 10.7 Å². The Morgan fingerprint density at radius 2 is 1.95 bits per heavy atom. The molecule has 0 aliphatic carbocycles. The maximum atomic E-state index is 12.6. The van der Waals surface area contributed by atoms with Crippen LogP contribution in [-0.4, -0.2) is 35.6 Å². The summed E-state index contributed by atoms with van der Waals surface area (Å²) < 4.78 is 28.0. The number of nitrogens with two attached hydrogens (primary N) is 1. The van der Waals surface area contributed by atoms with Gasteiger partial charge in [-0.1, -0.05) is 33.6 Å². The van der Waals surface area contributed by atoms with Gasteiger partial charge in [0, 0.05) is 26.3 Å². The van der Waals surface area contributed by atoms with Crippen LogP contribution in [0.1, 0.15) is 33.6 Å². The highest BCUT2D eigenvalue weighted by atomic mass is 32.2. The number of hydrogen-bond acceptors (Lipinski definition) is 4. The fourth-order valence-corrected chi connectivity index (χ4v) is 3.67. The minimum Gasteiger partial charge on any atom is -0.381 e. The third-order valence-electron chi connectivity index (χ3n) is 3.41. The summed E-state index contributed by atoms with van der Waals surface area (Å²) in [5.41, 5.74) is 5.68. The molecule has 19 heavy (non-hydrogen) atoms. The van der Waals surface area contributed by atoms with Gasteiger partial charge in [0.1, 0.15) is 4.90 Å². The van der Waals surface area contributed by atoms with Gasteiger partial charge in [0.15, 0.2) is 5.82 Å². The van der Waals surface area contributed by atoms with E-state index in [9.17, 15) is 8.42 Å². The molecule has 0 unspecified atom stereocenters. The zero-order chi connectivity index (χ0) is 14.6. The van der Waals surface area contributed by atoms with Crippen molar-refractivity contribution < 1.29 is 8.42 Å². The van der Waals surface area contributed by atoms with Crippen LogP contribution >= 0.6 is 0 Å². The van der Waals surface area contributed by atoms with Crippen molar-refractivity contribution in [3.8, 4) is 0 Å². The van der Waals surface area contributed by atoms with Crippen LogP contribution in [0.15, 0.2) is 11.1 Å². The first-order chi connectivity index (χ1) is 8.86. The first kappa shape index (κ1) is 16.0. The maximum absolute atomic E-state index is 12.6. The van der Waals surface area contributed by atoms with Gasteiger partial charge in [-0.05, 0) is 5.92 Å². The van der Waals surface area contributed by atoms with E-state index in [0.29, 0.717) is 19.0 Å². The van der Waals surface area contributed by atoms with Gasteiger partial charge in [0.25, 0.3) is 0 Å². The van der Waals surface area contributed by atoms with Crippen molar-refractivity contribution in [1.82, 2.24) is 14.1 Å². The zero-order valence-electron chi connectivity index (χ0n) is 12.1. The van der Waals surface area contributed by atoms with E-state index in [0.717, 1.165) is 12.8 Å². The minimum absolute atomic E-state index is 0.0606. The van der Waals surface area contributed by atoms with Crippen LogP contribution in [0, 0.1) is 5.92 Å². The predicted molar refractivity (Wildman–Crippen MR) is 76.1 cm³/mol. The summed E-state index contributed by atoms with van der Waals surface area (Å²) in [6.07, 6.45) is 3.39. The van der Waals surface area contributed by atoms with Crippen molar-refractivity contribution in [1.29, 1.82) is 0 Å². The smallest absolute Gasteiger partial charge is 0.248 e. The van der Waals surface area contributed by atoms with Gasteiger partial charge in [-0.25, -0.2) is 8.42 Å². The number of aromatic nitrogens is 2. The largest absolute Gasteiger partial charge is 0.381 e. The molecule has 0 spiro atoms. The summed E-state index contributed by atoms with van der Waals surface area (Å²) in [6.45, 7) is 6.96. The summed E-state index contributed by atoms with van der Waals surface area (Å²) in [6, 6.07) is 0. The normalized spacial score (nSPS) is 12.5. The summed E-state index contributed by atoms with van der Waals surface area (Å²) in [4.78, 5) is 0.0998. The maximum Gasteiger partial charge on any atom is 0.248 e. The summed E-state index contributed by atoms with van der Waals surface area (Å²) in [5.74, 6) is 0.429. The molecular weight excluding hydrogens is 264 g/mol. The van der Waals surface area contributed by atoms with E-state index in [2.05, 4.69) is 18.9 Å². The van der Waals surface area contributed by atoms with Crippen LogP contribution in [-0.2, 0) is 17.1 Å². The lowest BCUT2D eigenvalue weighted by Crippen LogP contribution is -2.35. The molecule has 2 N–H and O–H groups in total. The molecule has 1 rings (SSSR count). The highest BCUT2D eigenvalue weighted by Crippen LogP contribution is 2.22. The average molecular weight is 288 g/mol. The van der Waals surface area contributed by atoms with Crippen molar-refractivity contribution in [2.45, 2.75) is 38.5 Å². The van der Waals surface area contributed by atoms with Gasteiger partial charge in [-0.15, -0.1) is 0 Å². The topological polar surface area (TPSA) is 81.2 Å². The number of aryl methyl sites for hydroxylation is 1. The highest BCUT2D eigenvalue weighted by Gasteiger charge is 2.28. The Kier molecular flexibility index (Phi) is 5.37. The Hall–Kier alpha value is -1.08. The molecule has 1 heterocycles. The Labute approximate surface area is 115 Å². The second-order valence-corrected chi connectivity index (χ2v) is 6.60. The number of nitrogens with zero attached hydrogens (tertiary/aromatic N) is 3. The van der Waals surface area contributed by atoms with Crippen LogP contribution in [0.4, 0.5) is 5.82 Å². The minimum atomic E-state index is -3.55. The fourth-order valence-electron chi connectivity index (χ4n) is 2.05. The Morgan fingerprint density at radius 3 is 2.32 bits per heavy atom. The number of anilines is 1. The molecule has 1 aromatic rings. The van der Waals surface area contributed by atoms with Crippen molar-refractivity contribution in [3.05, 3.63) is 6.20 Å². The van der Waals surface area contributed by atoms with Gasteiger partial charge >= 0.3 is 0 Å². The van der Waals surface area contributed by atoms with Gasteiger partial charge in [0.05, 0.1) is 0 Å². The Morgan fingerprint density at radius 1 is 1.37 bits per heavy atom. The Balaban J connectivity index is 3.05. The molecule has 0 aliphatic rings. The van der Waals surface area contributed by atoms with E-state index in [1.807, 2.05) is 6.92 Å². The van der Waals surface area contributed by atoms with Crippen LogP contribution in [0.3, 0.4) is 0 Å². The number of nitrogen functional groups attached to an aromatic ring is 1. The van der Waals surface area contributed by atoms with E-state index < -0.39 is 10.0 Å². The summed E-state index contributed by atoms with van der Waals surface area (Å²) in [7, 11) is -1.89. The van der Waals surface area contributed by atoms with E-state index in [1.54, 1.807) is 7.05 Å². The lowest BCUT2D eigenvalue weighted by atomic mass is 10.0. The molecule has 0 bridgehead atoms. The molecule has 0 amide bonds. The van der Waals surface area contributed by atoms with Crippen LogP contribution < -0.4 is 5.73 Å². The molecule has 0 atom stereocenters. The highest BCUT2D eigenvalue weighted by molar-refractivity contribution is 7.89. The standard InChI is InChI=1S/C12H24N4O2S/c1-5-10(6-2)8-16(7-3)19(17,18)11-9-15(4)14-12(11)13/h9-10H,5-8H2,1-4H3,(H2,13,14). The first-order valence-electron chi connectivity index (χ1n) is 6.65. The van der Waals surface area contributed by atoms with Gasteiger partial charge in [-0.3, -0.25) is 4.68 Å². The molecule has 0 fully saturated rings. The second-order valence-electron chi connectivity index (χ2n) is 4.69. The number of sulfonamides is 1. The van der Waals surface area contributed by atoms with Crippen LogP contribution in [0.25, 0.3) is 0 Å². The third-order valence-corrected chi connectivity index (χ3v) is 5.37. The van der Waals surface area contributed by atoms with Gasteiger partial charge < -0.3 is 5.73 Å². The van der Waals surface area contributed by atoms with E-state index >= 15 is 0 Å². The lowest BCUT2D eigenvalue weighted by molar-refractivity contribution is 0.339. The third kappa shape index (κ3) is 3.48. The van der Waals surface area contributed by atoms with Crippen LogP contribution in [0.5, 0.6) is 0 Å². The average Bonchev–Trinajstić information content (AvgIpc) is 2.70. The molecule has 0 aromatic carbocycles. The fraction of sp³-hybridized carbons (Fsp3) is 0.750. The second kappa shape index (κ2) is 6.38. The van der Waals surface area contributed by atoms with E-state index in [4.69, 9.17) is 5.73 Å². The zero-order valence-corrected chi connectivity index (χ0v) is 12.9. The molecule has 0 radical (unpaired) electrons. The molecule has 7 heteroatoms. The Bertz CT molecular complexity index is 506. The SMILES string of the molecule is CCC(CC)CN(CC)S(=O)(=O)c1cn(C)nc1N. The quantitative estimate of drug-likeness (QED) is 0.823. The number of rotatable bonds is 7. The summed E-state index contributed by atoms with van der Waals surface area (Å²) >= 11 is 0. The van der Waals surface area contributed by atoms with Crippen molar-refractivity contribution in [3.63, 3.8) is 0 Å². The molecule has 6 nitrogen and oxygen atoms in total. The predicted octanol–water partition coefficient (Wildman–Crippen LogP) is 1.45. The van der Waals surface area contributed by atoms with Gasteiger partial charge in [-0.2, -0.15) is 9.40 Å². The summed E-state index contributed by atoms with van der Waals surface area (Å²) in [5, 5.41) is 3.90. The van der Waals surface area contributed by atoms with Crippen molar-refractivity contribution in [2.75, 3.05) is 18.8 Å². The van der Waals surface area contributed by atoms with Crippen molar-refractivity contribution in [2.24, 2.45) is 13.0 Å². The van der Waals surface area contributed by atoms with Gasteiger partial charge in [0.2, 0.25) is 10.0 Å². The number of hydrogen-bond donors (Lipinski definition) is 1. The monoisotopic (exact) mass is 288 g/mol. The van der Waals surface area contributed by atoms with E-state index in [1.165, 1.54) is 15.2 Å². The first-order valence-corrected chi connectivity index (χ1v) is 8.09. The molecule has 0 saturated carbocycles. The molecular formula is C12H24N4O2S. The van der Waals surface area contributed by atoms with Crippen LogP contribution in [0.2, 0.25) is 0 Å². The molecule has 1 aromatic heterocycles. The molecule has 0 aliphatic heterocycles. The molecule has 110 valence electrons. The molecule has 0 saturated heterocycles.